The first-order chi connectivity index (χ1) is 19.9. The first-order valence-electron chi connectivity index (χ1n) is 13.4. The normalized spacial score (nSPS) is 12.0. The van der Waals surface area contributed by atoms with E-state index in [-0.39, 0.29) is 0 Å². The maximum Gasteiger partial charge on any atom is 0.146 e. The molecular weight excluding hydrogens is 490 g/mol. The molecule has 186 valence electrons. The lowest BCUT2D eigenvalue weighted by Crippen LogP contribution is -1.99. The van der Waals surface area contributed by atoms with Crippen LogP contribution in [0.2, 0.25) is 0 Å². The van der Waals surface area contributed by atoms with Crippen LogP contribution >= 0.6 is 0 Å². The van der Waals surface area contributed by atoms with Crippen molar-refractivity contribution in [1.82, 2.24) is 23.9 Å². The Morgan fingerprint density at radius 1 is 0.500 bits per heavy atom. The van der Waals surface area contributed by atoms with Crippen LogP contribution < -0.4 is 0 Å². The van der Waals surface area contributed by atoms with Gasteiger partial charge in [-0.05, 0) is 53.9 Å². The molecule has 0 aliphatic heterocycles. The third-order valence-electron chi connectivity index (χ3n) is 7.99. The number of aromatic nitrogens is 5. The van der Waals surface area contributed by atoms with Gasteiger partial charge >= 0.3 is 0 Å². The maximum atomic E-state index is 5.13. The highest BCUT2D eigenvalue weighted by atomic mass is 15.1. The van der Waals surface area contributed by atoms with E-state index in [1.54, 1.807) is 12.4 Å². The van der Waals surface area contributed by atoms with E-state index in [9.17, 15) is 0 Å². The molecule has 0 amide bonds. The summed E-state index contributed by atoms with van der Waals surface area (Å²) >= 11 is 0. The first-order valence-corrected chi connectivity index (χ1v) is 13.4. The van der Waals surface area contributed by atoms with Crippen molar-refractivity contribution in [2.24, 2.45) is 0 Å². The molecule has 0 saturated carbocycles. The predicted molar refractivity (Wildman–Crippen MR) is 163 cm³/mol. The lowest BCUT2D eigenvalue weighted by Gasteiger charge is -2.12. The van der Waals surface area contributed by atoms with Crippen molar-refractivity contribution < 1.29 is 0 Å². The van der Waals surface area contributed by atoms with E-state index in [1.165, 1.54) is 27.1 Å². The van der Waals surface area contributed by atoms with Crippen LogP contribution in [-0.4, -0.2) is 23.9 Å². The molecule has 9 rings (SSSR count). The summed E-state index contributed by atoms with van der Waals surface area (Å²) in [5.74, 6) is 0.882. The van der Waals surface area contributed by atoms with Gasteiger partial charge in [0.15, 0.2) is 0 Å². The van der Waals surface area contributed by atoms with Crippen molar-refractivity contribution in [3.05, 3.63) is 128 Å². The van der Waals surface area contributed by atoms with E-state index < -0.39 is 0 Å². The molecule has 9 aromatic rings. The lowest BCUT2D eigenvalue weighted by atomic mass is 10.0. The van der Waals surface area contributed by atoms with Crippen LogP contribution in [0.25, 0.3) is 77.2 Å². The summed E-state index contributed by atoms with van der Waals surface area (Å²) < 4.78 is 4.64. The minimum Gasteiger partial charge on any atom is -0.294 e. The van der Waals surface area contributed by atoms with Crippen LogP contribution in [0.4, 0.5) is 0 Å². The summed E-state index contributed by atoms with van der Waals surface area (Å²) in [6, 6.07) is 40.4. The molecule has 5 heterocycles. The topological polar surface area (TPSA) is 48.0 Å². The van der Waals surface area contributed by atoms with Crippen LogP contribution in [0, 0.1) is 0 Å². The fourth-order valence-electron chi connectivity index (χ4n) is 6.32. The van der Waals surface area contributed by atoms with Crippen molar-refractivity contribution >= 4 is 60.2 Å². The summed E-state index contributed by atoms with van der Waals surface area (Å²) in [6.45, 7) is 0. The van der Waals surface area contributed by atoms with Crippen LogP contribution in [0.1, 0.15) is 0 Å². The van der Waals surface area contributed by atoms with Crippen LogP contribution in [0.3, 0.4) is 0 Å². The third-order valence-corrected chi connectivity index (χ3v) is 7.99. The van der Waals surface area contributed by atoms with Gasteiger partial charge in [0.1, 0.15) is 11.5 Å². The second kappa shape index (κ2) is 7.98. The number of fused-ring (bicyclic) bond motifs is 12. The average molecular weight is 512 g/mol. The van der Waals surface area contributed by atoms with Gasteiger partial charge in [-0.2, -0.15) is 0 Å². The highest BCUT2D eigenvalue weighted by Gasteiger charge is 2.20. The quantitative estimate of drug-likeness (QED) is 0.219. The summed E-state index contributed by atoms with van der Waals surface area (Å²) in [5.41, 5.74) is 8.44. The highest BCUT2D eigenvalue weighted by molar-refractivity contribution is 6.26. The van der Waals surface area contributed by atoms with Gasteiger partial charge in [0.2, 0.25) is 0 Å². The molecule has 4 aromatic carbocycles. The van der Waals surface area contributed by atoms with E-state index in [0.717, 1.165) is 50.2 Å². The highest BCUT2D eigenvalue weighted by Crippen LogP contribution is 2.41. The van der Waals surface area contributed by atoms with E-state index in [0.29, 0.717) is 0 Å². The van der Waals surface area contributed by atoms with Gasteiger partial charge in [-0.25, -0.2) is 9.97 Å². The Morgan fingerprint density at radius 2 is 1.25 bits per heavy atom. The molecule has 0 unspecified atom stereocenters. The van der Waals surface area contributed by atoms with Gasteiger partial charge in [0.25, 0.3) is 0 Å². The van der Waals surface area contributed by atoms with Gasteiger partial charge in [0, 0.05) is 39.5 Å². The molecule has 0 fully saturated rings. The molecule has 0 saturated heterocycles. The monoisotopic (exact) mass is 511 g/mol. The van der Waals surface area contributed by atoms with Crippen molar-refractivity contribution in [3.63, 3.8) is 0 Å². The van der Waals surface area contributed by atoms with E-state index in [2.05, 4.69) is 117 Å². The average Bonchev–Trinajstić information content (AvgIpc) is 3.58. The van der Waals surface area contributed by atoms with Crippen molar-refractivity contribution in [1.29, 1.82) is 0 Å². The Hall–Kier alpha value is -5.55. The number of benzene rings is 4. The number of hydrogen-bond donors (Lipinski definition) is 0. The second-order valence-corrected chi connectivity index (χ2v) is 10.1. The van der Waals surface area contributed by atoms with Crippen molar-refractivity contribution in [3.8, 4) is 17.1 Å². The van der Waals surface area contributed by atoms with Crippen LogP contribution in [0.15, 0.2) is 128 Å². The van der Waals surface area contributed by atoms with Gasteiger partial charge < -0.3 is 0 Å². The smallest absolute Gasteiger partial charge is 0.146 e. The number of imidazole rings is 1. The Balaban J connectivity index is 1.50. The van der Waals surface area contributed by atoms with Gasteiger partial charge in [-0.15, -0.1) is 0 Å². The number of para-hydroxylation sites is 3. The van der Waals surface area contributed by atoms with Gasteiger partial charge in [-0.3, -0.25) is 14.0 Å². The predicted octanol–water partition coefficient (Wildman–Crippen LogP) is 8.35. The molecule has 40 heavy (non-hydrogen) atoms. The third kappa shape index (κ3) is 2.83. The molecule has 0 atom stereocenters. The number of pyridine rings is 3. The molecule has 5 nitrogen and oxygen atoms in total. The molecular formula is C35H21N5. The Bertz CT molecular complexity index is 2430. The SMILES string of the molecule is c1cc(-c2ccncc2)nc(-n2c3ccccc3c3c2ccc2c4ccccc4c4nc5ccccc5n4c23)c1. The fourth-order valence-corrected chi connectivity index (χ4v) is 6.32. The van der Waals surface area contributed by atoms with Crippen LogP contribution in [0.5, 0.6) is 0 Å². The second-order valence-electron chi connectivity index (χ2n) is 10.1. The van der Waals surface area contributed by atoms with E-state index in [1.807, 2.05) is 12.1 Å². The molecule has 0 aliphatic rings. The molecule has 5 aromatic heterocycles. The zero-order chi connectivity index (χ0) is 26.2. The maximum absolute atomic E-state index is 5.13. The molecule has 0 N–H and O–H groups in total. The number of nitrogens with zero attached hydrogens (tertiary/aromatic N) is 5. The van der Waals surface area contributed by atoms with E-state index >= 15 is 0 Å². The Morgan fingerprint density at radius 3 is 2.12 bits per heavy atom. The lowest BCUT2D eigenvalue weighted by molar-refractivity contribution is 1.08. The zero-order valence-electron chi connectivity index (χ0n) is 21.4. The molecule has 5 heteroatoms. The van der Waals surface area contributed by atoms with Crippen molar-refractivity contribution in [2.45, 2.75) is 0 Å². The zero-order valence-corrected chi connectivity index (χ0v) is 21.4. The summed E-state index contributed by atoms with van der Waals surface area (Å²) in [6.07, 6.45) is 3.61. The van der Waals surface area contributed by atoms with Crippen LogP contribution in [-0.2, 0) is 0 Å². The minimum absolute atomic E-state index is 0.882. The largest absolute Gasteiger partial charge is 0.294 e. The molecule has 0 spiro atoms. The number of rotatable bonds is 2. The Labute approximate surface area is 228 Å². The van der Waals surface area contributed by atoms with Gasteiger partial charge in [-0.1, -0.05) is 66.7 Å². The fraction of sp³-hybridized carbons (Fsp3) is 0. The summed E-state index contributed by atoms with van der Waals surface area (Å²) in [5, 5.41) is 5.95. The summed E-state index contributed by atoms with van der Waals surface area (Å²) in [7, 11) is 0. The van der Waals surface area contributed by atoms with Gasteiger partial charge in [0.05, 0.1) is 33.3 Å². The Kier molecular flexibility index (Phi) is 4.27. The molecule has 0 bridgehead atoms. The van der Waals surface area contributed by atoms with E-state index in [4.69, 9.17) is 9.97 Å². The van der Waals surface area contributed by atoms with Crippen molar-refractivity contribution in [2.75, 3.05) is 0 Å². The molecule has 0 radical (unpaired) electrons. The summed E-state index contributed by atoms with van der Waals surface area (Å²) in [4.78, 5) is 14.4. The standard InChI is InChI=1S/C35H21N5/c1-2-9-25-23(8-1)24-16-17-31-33(34(24)40-30-14-6-4-11-28(30)38-35(25)40)26-10-3-5-13-29(26)39(31)32-15-7-12-27(37-32)22-18-20-36-21-19-22/h1-21H. The number of hydrogen-bond acceptors (Lipinski definition) is 3. The molecule has 0 aliphatic carbocycles. The first kappa shape index (κ1) is 21.4. The minimum atomic E-state index is 0.882.